The number of para-hydroxylation sites is 6. The molecule has 7 aromatic rings. The molecule has 6 aromatic carbocycles. The number of aliphatic hydroxyl groups is 1. The molecular weight excluding hydrogens is 1400 g/mol. The van der Waals surface area contributed by atoms with E-state index < -0.39 is 5.97 Å². The number of benzene rings is 6. The van der Waals surface area contributed by atoms with Crippen molar-refractivity contribution in [3.05, 3.63) is 205 Å². The molecule has 1 aromatic heterocycles. The highest BCUT2D eigenvalue weighted by atomic mass is 16.5. The van der Waals surface area contributed by atoms with Gasteiger partial charge in [-0.2, -0.15) is 0 Å². The molecule has 1 aliphatic rings. The number of aldehydes is 1. The first-order valence-corrected chi connectivity index (χ1v) is 40.0. The van der Waals surface area contributed by atoms with Crippen LogP contribution in [0.1, 0.15) is 311 Å². The summed E-state index contributed by atoms with van der Waals surface area (Å²) in [7, 11) is 3.75. The van der Waals surface area contributed by atoms with Crippen LogP contribution >= 0.6 is 0 Å². The number of carboxylic acid groups (broad SMARTS) is 1. The highest BCUT2D eigenvalue weighted by molar-refractivity contribution is 5.95. The first kappa shape index (κ1) is 97.6. The number of carbonyl (C=O) groups is 5. The van der Waals surface area contributed by atoms with Gasteiger partial charge in [0.25, 0.3) is 0 Å². The maximum atomic E-state index is 12.7. The average Bonchev–Trinajstić information content (AvgIpc) is 0.850. The van der Waals surface area contributed by atoms with Crippen molar-refractivity contribution in [3.63, 3.8) is 0 Å². The molecule has 2 amide bonds. The Morgan fingerprint density at radius 1 is 0.532 bits per heavy atom. The van der Waals surface area contributed by atoms with Crippen molar-refractivity contribution in [3.8, 4) is 34.5 Å². The standard InChI is InChI=1S/C25H31N3O3.C16H24O3.C14H23NO.C13H20O2.C13H18O2.C10H12O3.C2H6/c1-5-13-31-24-20(7-6-8-21(24)17(2)3)16-28(4)23(30)12-9-18-14-19-10-11-22(29)27-25(19)26-15-18;1-5-10-18-15-13(12(3)4)8-7-9-14(15)16(17)19-11-6-2;1-5-9-16-14-12(10-15-4)7-6-8-13(14)11(2)3;2*1-4-8-15-13-11(9-14)6-5-7-12(13)10(2)3;1-6(2)7-4-3-5-8(9(7)11)10(12)13;1-2/h6-9,12,14-15,17H,5,10-11,13,16H2,1-4H3,(H,26,27,29);7-9,12H,5-6,10-11H2,1-4H3;6-8,11,15H,5,9-10H2,1-4H3;5-7,10,14H,4,8-9H2,1-3H3;5-7,9-10H,4,8H2,1-3H3;3-6,11H,1-2H3,(H,12,13);1-2H3/b12-9+;;;;;;. The summed E-state index contributed by atoms with van der Waals surface area (Å²) in [6.07, 6.45) is 12.6. The summed E-state index contributed by atoms with van der Waals surface area (Å²) in [6.45, 7) is 46.8. The van der Waals surface area contributed by atoms with Crippen molar-refractivity contribution >= 4 is 41.9 Å². The van der Waals surface area contributed by atoms with E-state index in [0.29, 0.717) is 110 Å². The Labute approximate surface area is 665 Å². The number of carboxylic acids is 1. The summed E-state index contributed by atoms with van der Waals surface area (Å²) in [5.41, 5.74) is 12.6. The molecule has 18 nitrogen and oxygen atoms in total. The van der Waals surface area contributed by atoms with E-state index in [2.05, 4.69) is 143 Å². The maximum Gasteiger partial charge on any atom is 0.341 e. The summed E-state index contributed by atoms with van der Waals surface area (Å²) < 4.78 is 34.3. The number of aryl methyl sites for hydroxylation is 1. The number of carbonyl (C=O) groups excluding carboxylic acids is 4. The Hall–Kier alpha value is -9.52. The summed E-state index contributed by atoms with van der Waals surface area (Å²) in [5.74, 6) is 5.34. The number of ether oxygens (including phenoxy) is 6. The normalized spacial score (nSPS) is 11.2. The number of nitrogens with one attached hydrogen (secondary N) is 2. The number of hydrogen-bond donors (Lipinski definition) is 5. The Morgan fingerprint density at radius 2 is 0.928 bits per heavy atom. The van der Waals surface area contributed by atoms with Crippen LogP contribution in [0.5, 0.6) is 34.5 Å². The van der Waals surface area contributed by atoms with E-state index in [0.717, 1.165) is 120 Å². The lowest BCUT2D eigenvalue weighted by molar-refractivity contribution is -0.125. The molecule has 0 fully saturated rings. The predicted molar refractivity (Wildman–Crippen MR) is 453 cm³/mol. The van der Waals surface area contributed by atoms with Crippen LogP contribution in [0, 0.1) is 0 Å². The van der Waals surface area contributed by atoms with Crippen molar-refractivity contribution in [2.45, 2.75) is 245 Å². The van der Waals surface area contributed by atoms with Gasteiger partial charge in [-0.1, -0.05) is 229 Å². The number of aromatic nitrogens is 1. The minimum atomic E-state index is -1.10. The van der Waals surface area contributed by atoms with Crippen LogP contribution in [0.3, 0.4) is 0 Å². The Bertz CT molecular complexity index is 3930. The second kappa shape index (κ2) is 54.2. The van der Waals surface area contributed by atoms with Gasteiger partial charge >= 0.3 is 11.9 Å². The van der Waals surface area contributed by atoms with Gasteiger partial charge in [-0.15, -0.1) is 0 Å². The molecule has 111 heavy (non-hydrogen) atoms. The number of nitrogens with zero attached hydrogens (tertiary/aromatic N) is 2. The lowest BCUT2D eigenvalue weighted by atomic mass is 9.98. The van der Waals surface area contributed by atoms with Gasteiger partial charge < -0.3 is 59.3 Å². The van der Waals surface area contributed by atoms with Gasteiger partial charge in [0, 0.05) is 55.5 Å². The zero-order valence-corrected chi connectivity index (χ0v) is 71.0. The summed E-state index contributed by atoms with van der Waals surface area (Å²) >= 11 is 0. The minimum absolute atomic E-state index is 0.0103. The van der Waals surface area contributed by atoms with E-state index >= 15 is 0 Å². The maximum absolute atomic E-state index is 12.7. The van der Waals surface area contributed by atoms with E-state index in [4.69, 9.17) is 33.5 Å². The molecule has 18 heteroatoms. The van der Waals surface area contributed by atoms with Crippen LogP contribution in [-0.2, 0) is 40.4 Å². The Kier molecular flexibility index (Phi) is 47.6. The quantitative estimate of drug-likeness (QED) is 0.0146. The fraction of sp³-hybridized carbons (Fsp3) is 0.484. The summed E-state index contributed by atoms with van der Waals surface area (Å²) in [6, 6.07) is 36.6. The number of anilines is 1. The number of hydrogen-bond acceptors (Lipinski definition) is 15. The highest BCUT2D eigenvalue weighted by Gasteiger charge is 2.22. The number of esters is 1. The Morgan fingerprint density at radius 3 is 1.38 bits per heavy atom. The van der Waals surface area contributed by atoms with Gasteiger partial charge in [-0.05, 0) is 162 Å². The van der Waals surface area contributed by atoms with E-state index in [9.17, 15) is 34.2 Å². The number of amides is 2. The third-order valence-corrected chi connectivity index (χ3v) is 17.2. The fourth-order valence-corrected chi connectivity index (χ4v) is 11.4. The topological polar surface area (TPSA) is 242 Å². The molecule has 8 rings (SSSR count). The van der Waals surface area contributed by atoms with Crippen LogP contribution in [-0.4, -0.2) is 109 Å². The largest absolute Gasteiger partial charge is 0.507 e. The molecule has 0 unspecified atom stereocenters. The number of aromatic carboxylic acids is 1. The molecule has 1 aliphatic heterocycles. The lowest BCUT2D eigenvalue weighted by Gasteiger charge is -2.21. The Balaban J connectivity index is 0.000000464. The van der Waals surface area contributed by atoms with Gasteiger partial charge in [0.15, 0.2) is 6.29 Å². The molecule has 0 spiro atoms. The van der Waals surface area contributed by atoms with E-state index in [1.54, 1.807) is 54.6 Å². The van der Waals surface area contributed by atoms with Gasteiger partial charge in [0.1, 0.15) is 51.4 Å². The van der Waals surface area contributed by atoms with Crippen molar-refractivity contribution in [2.24, 2.45) is 0 Å². The molecule has 0 saturated heterocycles. The van der Waals surface area contributed by atoms with Crippen molar-refractivity contribution < 1.29 is 67.7 Å². The minimum Gasteiger partial charge on any atom is -0.507 e. The molecular formula is C93H134N4O14. The van der Waals surface area contributed by atoms with Gasteiger partial charge in [-0.3, -0.25) is 14.4 Å². The summed E-state index contributed by atoms with van der Waals surface area (Å²) in [4.78, 5) is 63.7. The predicted octanol–water partition coefficient (Wildman–Crippen LogP) is 21.8. The van der Waals surface area contributed by atoms with Crippen LogP contribution < -0.4 is 34.3 Å². The van der Waals surface area contributed by atoms with E-state index in [1.807, 2.05) is 103 Å². The number of aliphatic hydroxyl groups excluding tert-OH is 1. The van der Waals surface area contributed by atoms with E-state index in [1.165, 1.54) is 22.8 Å². The monoisotopic (exact) mass is 1530 g/mol. The zero-order valence-electron chi connectivity index (χ0n) is 71.0. The smallest absolute Gasteiger partial charge is 0.341 e. The van der Waals surface area contributed by atoms with Crippen molar-refractivity contribution in [1.29, 1.82) is 0 Å². The van der Waals surface area contributed by atoms with Gasteiger partial charge in [0.2, 0.25) is 11.8 Å². The molecule has 2 heterocycles. The number of aromatic hydroxyl groups is 1. The number of likely N-dealkylation sites (N-methyl/N-ethyl adjacent to an activating group) is 1. The molecule has 0 aliphatic carbocycles. The third-order valence-electron chi connectivity index (χ3n) is 17.2. The summed E-state index contributed by atoms with van der Waals surface area (Å²) in [5, 5.41) is 33.5. The van der Waals surface area contributed by atoms with Gasteiger partial charge in [-0.25, -0.2) is 14.6 Å². The average molecular weight is 1530 g/mol. The van der Waals surface area contributed by atoms with Crippen molar-refractivity contribution in [1.82, 2.24) is 15.2 Å². The number of pyridine rings is 1. The van der Waals surface area contributed by atoms with Crippen LogP contribution in [0.4, 0.5) is 5.82 Å². The number of rotatable bonds is 33. The third kappa shape index (κ3) is 32.8. The SMILES string of the molecule is CC.CC(C)c1cccc(C(=O)O)c1O.CCCOC(=O)c1cccc(C(C)C)c1OCCC.CCCOc1c(C=O)cccc1C(C)C.CCCOc1c(CN(C)C(=O)/C=C/c2cnc3c(c2)CCC(=O)N3)cccc1C(C)C.CCCOc1c(CNC)cccc1C(C)C.CCCOc1c(CO)cccc1C(C)C. The first-order valence-electron chi connectivity index (χ1n) is 40.0. The number of phenols is 1. The fourth-order valence-electron chi connectivity index (χ4n) is 11.4. The molecule has 5 N–H and O–H groups in total. The van der Waals surface area contributed by atoms with Crippen LogP contribution in [0.2, 0.25) is 0 Å². The highest BCUT2D eigenvalue weighted by Crippen LogP contribution is 2.36. The molecule has 0 saturated carbocycles. The molecule has 0 atom stereocenters. The molecule has 610 valence electrons. The molecule has 0 bridgehead atoms. The van der Waals surface area contributed by atoms with Crippen LogP contribution in [0.25, 0.3) is 6.08 Å². The number of fused-ring (bicyclic) bond motifs is 1. The second-order valence-corrected chi connectivity index (χ2v) is 28.5. The van der Waals surface area contributed by atoms with Crippen LogP contribution in [0.15, 0.2) is 128 Å². The second-order valence-electron chi connectivity index (χ2n) is 28.5. The first-order chi connectivity index (χ1) is 53.1. The van der Waals surface area contributed by atoms with Crippen molar-refractivity contribution in [2.75, 3.05) is 59.1 Å². The van der Waals surface area contributed by atoms with E-state index in [-0.39, 0.29) is 41.6 Å². The van der Waals surface area contributed by atoms with Gasteiger partial charge in [0.05, 0.1) is 51.8 Å². The zero-order chi connectivity index (χ0) is 83.1. The lowest BCUT2D eigenvalue weighted by Crippen LogP contribution is -2.24. The molecule has 0 radical (unpaired) electrons.